The van der Waals surface area contributed by atoms with Crippen LogP contribution in [-0.4, -0.2) is 23.2 Å². The second-order valence-electron chi connectivity index (χ2n) is 6.09. The first-order chi connectivity index (χ1) is 13.5. The van der Waals surface area contributed by atoms with E-state index < -0.39 is 14.9 Å². The molecular weight excluding hydrogens is 482 g/mol. The summed E-state index contributed by atoms with van der Waals surface area (Å²) in [6, 6.07) is 11.5. The Morgan fingerprint density at radius 3 is 1.90 bits per heavy atom. The SMILES string of the molecule is O=S(=O)(O)C(c1ccc(O)cc1)(c1ccc(Cl)cc1Cl)c1ccc(O)c(Cl)c1Cl. The average Bonchev–Trinajstić information content (AvgIpc) is 2.63. The van der Waals surface area contributed by atoms with Crippen LogP contribution in [0.3, 0.4) is 0 Å². The number of phenolic OH excluding ortho intramolecular Hbond substituents is 2. The van der Waals surface area contributed by atoms with Crippen molar-refractivity contribution in [2.75, 3.05) is 0 Å². The minimum atomic E-state index is -5.02. The Balaban J connectivity index is 2.59. The molecule has 1 unspecified atom stereocenters. The van der Waals surface area contributed by atoms with Crippen LogP contribution in [0.1, 0.15) is 16.7 Å². The molecule has 152 valence electrons. The molecule has 5 nitrogen and oxygen atoms in total. The molecule has 0 saturated heterocycles. The Morgan fingerprint density at radius 2 is 1.34 bits per heavy atom. The highest BCUT2D eigenvalue weighted by Gasteiger charge is 2.51. The van der Waals surface area contributed by atoms with E-state index in [9.17, 15) is 23.2 Å². The van der Waals surface area contributed by atoms with Crippen molar-refractivity contribution in [3.8, 4) is 11.5 Å². The number of hydrogen-bond acceptors (Lipinski definition) is 4. The predicted octanol–water partition coefficient (Wildman–Crippen LogP) is 5.89. The van der Waals surface area contributed by atoms with Gasteiger partial charge in [-0.1, -0.05) is 70.7 Å². The normalized spacial score (nSPS) is 13.8. The third kappa shape index (κ3) is 3.65. The van der Waals surface area contributed by atoms with Gasteiger partial charge >= 0.3 is 0 Å². The minimum Gasteiger partial charge on any atom is -0.508 e. The Morgan fingerprint density at radius 1 is 0.759 bits per heavy atom. The van der Waals surface area contributed by atoms with E-state index in [0.29, 0.717) is 0 Å². The minimum absolute atomic E-state index is 0.0191. The van der Waals surface area contributed by atoms with Crippen LogP contribution in [0, 0.1) is 0 Å². The van der Waals surface area contributed by atoms with Gasteiger partial charge in [0.2, 0.25) is 0 Å². The third-order valence-electron chi connectivity index (χ3n) is 4.41. The van der Waals surface area contributed by atoms with Crippen LogP contribution in [0.5, 0.6) is 11.5 Å². The number of phenols is 2. The molecule has 3 aromatic rings. The number of halogens is 4. The van der Waals surface area contributed by atoms with Crippen molar-refractivity contribution in [2.45, 2.75) is 4.75 Å². The molecule has 3 rings (SSSR count). The third-order valence-corrected chi connectivity index (χ3v) is 7.28. The molecule has 29 heavy (non-hydrogen) atoms. The van der Waals surface area contributed by atoms with Crippen molar-refractivity contribution in [3.63, 3.8) is 0 Å². The second kappa shape index (κ2) is 7.87. The predicted molar refractivity (Wildman–Crippen MR) is 114 cm³/mol. The van der Waals surface area contributed by atoms with Crippen LogP contribution < -0.4 is 0 Å². The first-order valence-electron chi connectivity index (χ1n) is 7.89. The van der Waals surface area contributed by atoms with Gasteiger partial charge in [-0.05, 0) is 35.9 Å². The maximum Gasteiger partial charge on any atom is 0.283 e. The molecule has 0 fully saturated rings. The van der Waals surface area contributed by atoms with Crippen LogP contribution >= 0.6 is 46.4 Å². The molecule has 0 heterocycles. The summed E-state index contributed by atoms with van der Waals surface area (Å²) in [4.78, 5) is 0. The van der Waals surface area contributed by atoms with Gasteiger partial charge in [0.15, 0.2) is 4.75 Å². The Hall–Kier alpha value is -1.67. The monoisotopic (exact) mass is 492 g/mol. The van der Waals surface area contributed by atoms with E-state index in [1.54, 1.807) is 0 Å². The van der Waals surface area contributed by atoms with E-state index in [2.05, 4.69) is 0 Å². The first kappa shape index (κ1) is 22.0. The van der Waals surface area contributed by atoms with Gasteiger partial charge in [0.25, 0.3) is 10.1 Å². The summed E-state index contributed by atoms with van der Waals surface area (Å²) in [5, 5.41) is 19.1. The largest absolute Gasteiger partial charge is 0.508 e. The molecule has 0 bridgehead atoms. The van der Waals surface area contributed by atoms with Crippen molar-refractivity contribution in [2.24, 2.45) is 0 Å². The number of rotatable bonds is 4. The molecule has 0 saturated carbocycles. The van der Waals surface area contributed by atoms with E-state index in [1.807, 2.05) is 0 Å². The Bertz CT molecular complexity index is 1200. The molecule has 3 N–H and O–H groups in total. The van der Waals surface area contributed by atoms with E-state index >= 15 is 0 Å². The summed E-state index contributed by atoms with van der Waals surface area (Å²) < 4.78 is 34.1. The van der Waals surface area contributed by atoms with Crippen molar-refractivity contribution in [1.29, 1.82) is 0 Å². The van der Waals surface area contributed by atoms with Gasteiger partial charge in [0, 0.05) is 21.2 Å². The van der Waals surface area contributed by atoms with E-state index in [1.165, 1.54) is 48.5 Å². The van der Waals surface area contributed by atoms with Gasteiger partial charge in [-0.25, -0.2) is 0 Å². The topological polar surface area (TPSA) is 94.8 Å². The highest BCUT2D eigenvalue weighted by atomic mass is 35.5. The van der Waals surface area contributed by atoms with Gasteiger partial charge in [0.1, 0.15) is 16.5 Å². The van der Waals surface area contributed by atoms with E-state index in [4.69, 9.17) is 46.4 Å². The lowest BCUT2D eigenvalue weighted by molar-refractivity contribution is 0.456. The average molecular weight is 494 g/mol. The molecule has 10 heteroatoms. The molecule has 0 aliphatic carbocycles. The van der Waals surface area contributed by atoms with Crippen LogP contribution in [-0.2, 0) is 14.9 Å². The number of aromatic hydroxyl groups is 2. The first-order valence-corrected chi connectivity index (χ1v) is 10.8. The summed E-state index contributed by atoms with van der Waals surface area (Å²) in [6.45, 7) is 0. The lowest BCUT2D eigenvalue weighted by Gasteiger charge is -2.34. The quantitative estimate of drug-likeness (QED) is 0.311. The zero-order valence-electron chi connectivity index (χ0n) is 14.3. The number of hydrogen-bond donors (Lipinski definition) is 3. The van der Waals surface area contributed by atoms with Crippen LogP contribution in [0.2, 0.25) is 20.1 Å². The van der Waals surface area contributed by atoms with Gasteiger partial charge in [-0.15, -0.1) is 0 Å². The lowest BCUT2D eigenvalue weighted by atomic mass is 9.83. The fraction of sp³-hybridized carbons (Fsp3) is 0.0526. The van der Waals surface area contributed by atoms with Crippen molar-refractivity contribution in [3.05, 3.63) is 91.4 Å². The number of benzene rings is 3. The van der Waals surface area contributed by atoms with Crippen molar-refractivity contribution >= 4 is 56.5 Å². The maximum atomic E-state index is 13.0. The van der Waals surface area contributed by atoms with Crippen LogP contribution in [0.4, 0.5) is 0 Å². The van der Waals surface area contributed by atoms with Gasteiger partial charge in [-0.3, -0.25) is 4.55 Å². The molecule has 0 aromatic heterocycles. The molecule has 3 aromatic carbocycles. The molecule has 0 aliphatic heterocycles. The lowest BCUT2D eigenvalue weighted by Crippen LogP contribution is -2.38. The summed E-state index contributed by atoms with van der Waals surface area (Å²) in [6.07, 6.45) is 0. The fourth-order valence-corrected chi connectivity index (χ4v) is 5.63. The van der Waals surface area contributed by atoms with Gasteiger partial charge in [0.05, 0.1) is 5.02 Å². The van der Waals surface area contributed by atoms with Crippen molar-refractivity contribution in [1.82, 2.24) is 0 Å². The highest BCUT2D eigenvalue weighted by Crippen LogP contribution is 2.51. The molecule has 0 amide bonds. The summed E-state index contributed by atoms with van der Waals surface area (Å²) in [5.41, 5.74) is -0.189. The Kier molecular flexibility index (Phi) is 5.98. The van der Waals surface area contributed by atoms with Crippen LogP contribution in [0.15, 0.2) is 54.6 Å². The maximum absolute atomic E-state index is 13.0. The standard InChI is InChI=1S/C19H12Cl4O5S/c20-11-3-6-13(15(21)9-11)19(29(26,27)28,10-1-4-12(24)5-2-10)14-7-8-16(25)18(23)17(14)22/h1-9,24-25H,(H,26,27,28). The van der Waals surface area contributed by atoms with Crippen molar-refractivity contribution < 1.29 is 23.2 Å². The van der Waals surface area contributed by atoms with E-state index in [0.717, 1.165) is 6.07 Å². The molecule has 0 aliphatic rings. The summed E-state index contributed by atoms with van der Waals surface area (Å²) in [5.74, 6) is -0.507. The fourth-order valence-electron chi connectivity index (χ4n) is 3.17. The zero-order valence-corrected chi connectivity index (χ0v) is 18.1. The zero-order chi connectivity index (χ0) is 21.6. The second-order valence-corrected chi connectivity index (χ2v) is 9.25. The van der Waals surface area contributed by atoms with Gasteiger partial charge in [-0.2, -0.15) is 8.42 Å². The molecule has 0 spiro atoms. The summed E-state index contributed by atoms with van der Waals surface area (Å²) in [7, 11) is -5.02. The van der Waals surface area contributed by atoms with Gasteiger partial charge < -0.3 is 10.2 Å². The smallest absolute Gasteiger partial charge is 0.283 e. The Labute approximate surface area is 186 Å². The molecule has 1 atom stereocenters. The highest BCUT2D eigenvalue weighted by molar-refractivity contribution is 7.87. The molecule has 0 radical (unpaired) electrons. The summed E-state index contributed by atoms with van der Waals surface area (Å²) >= 11 is 24.7. The molecular formula is C19H12Cl4O5S. The van der Waals surface area contributed by atoms with E-state index in [-0.39, 0.29) is 48.3 Å². The van der Waals surface area contributed by atoms with Crippen LogP contribution in [0.25, 0.3) is 0 Å².